The molecular weight excluding hydrogens is 264 g/mol. The fourth-order valence-corrected chi connectivity index (χ4v) is 2.45. The molecule has 0 fully saturated rings. The highest BCUT2D eigenvalue weighted by molar-refractivity contribution is 9.10. The maximum atomic E-state index is 8.80. The minimum atomic E-state index is 0.694. The van der Waals surface area contributed by atoms with Gasteiger partial charge in [-0.2, -0.15) is 5.26 Å². The molecule has 3 heteroatoms. The molecule has 0 unspecified atom stereocenters. The zero-order valence-corrected chi connectivity index (χ0v) is 10.8. The van der Waals surface area contributed by atoms with Crippen LogP contribution in [0.3, 0.4) is 0 Å². The summed E-state index contributed by atoms with van der Waals surface area (Å²) in [6.07, 6.45) is 3.38. The molecule has 1 aliphatic rings. The van der Waals surface area contributed by atoms with Crippen molar-refractivity contribution in [1.29, 1.82) is 5.26 Å². The summed E-state index contributed by atoms with van der Waals surface area (Å²) >= 11 is 3.53. The standard InChI is InChI=1S/C13H13BrN2/c1-10-4-6-16(7-5-10)13-3-2-11(9-15)8-12(13)14/h2-4,8H,5-7H2,1H3. The molecule has 0 aliphatic carbocycles. The number of nitrogens with zero attached hydrogens (tertiary/aromatic N) is 2. The number of anilines is 1. The molecule has 2 rings (SSSR count). The molecule has 0 amide bonds. The van der Waals surface area contributed by atoms with E-state index in [0.29, 0.717) is 5.56 Å². The molecule has 0 spiro atoms. The molecule has 1 aromatic rings. The van der Waals surface area contributed by atoms with Crippen LogP contribution in [0.4, 0.5) is 5.69 Å². The van der Waals surface area contributed by atoms with E-state index in [9.17, 15) is 0 Å². The van der Waals surface area contributed by atoms with Crippen molar-refractivity contribution in [3.05, 3.63) is 39.9 Å². The van der Waals surface area contributed by atoms with Crippen LogP contribution in [-0.2, 0) is 0 Å². The van der Waals surface area contributed by atoms with Crippen LogP contribution in [0.5, 0.6) is 0 Å². The van der Waals surface area contributed by atoms with Gasteiger partial charge in [0.2, 0.25) is 0 Å². The number of hydrogen-bond acceptors (Lipinski definition) is 2. The zero-order valence-electron chi connectivity index (χ0n) is 9.20. The summed E-state index contributed by atoms with van der Waals surface area (Å²) in [6, 6.07) is 7.90. The lowest BCUT2D eigenvalue weighted by Crippen LogP contribution is -2.28. The third kappa shape index (κ3) is 2.28. The molecule has 0 N–H and O–H groups in total. The van der Waals surface area contributed by atoms with Crippen LogP contribution >= 0.6 is 15.9 Å². The quantitative estimate of drug-likeness (QED) is 0.735. The zero-order chi connectivity index (χ0) is 11.5. The van der Waals surface area contributed by atoms with Gasteiger partial charge in [0.1, 0.15) is 0 Å². The van der Waals surface area contributed by atoms with Crippen LogP contribution in [0.15, 0.2) is 34.3 Å². The second-order valence-corrected chi connectivity index (χ2v) is 4.88. The van der Waals surface area contributed by atoms with Crippen LogP contribution in [0.25, 0.3) is 0 Å². The van der Waals surface area contributed by atoms with Crippen LogP contribution in [0.2, 0.25) is 0 Å². The van der Waals surface area contributed by atoms with Gasteiger partial charge in [-0.05, 0) is 47.5 Å². The Kier molecular flexibility index (Phi) is 3.31. The molecule has 82 valence electrons. The first-order valence-corrected chi connectivity index (χ1v) is 6.10. The maximum Gasteiger partial charge on any atom is 0.0992 e. The molecule has 16 heavy (non-hydrogen) atoms. The first kappa shape index (κ1) is 11.2. The van der Waals surface area contributed by atoms with Gasteiger partial charge in [-0.3, -0.25) is 0 Å². The van der Waals surface area contributed by atoms with Crippen molar-refractivity contribution in [3.63, 3.8) is 0 Å². The summed E-state index contributed by atoms with van der Waals surface area (Å²) in [4.78, 5) is 2.32. The van der Waals surface area contributed by atoms with Crippen molar-refractivity contribution < 1.29 is 0 Å². The van der Waals surface area contributed by atoms with Crippen molar-refractivity contribution in [1.82, 2.24) is 0 Å². The second-order valence-electron chi connectivity index (χ2n) is 4.02. The molecule has 1 aliphatic heterocycles. The third-order valence-corrected chi connectivity index (χ3v) is 3.49. The highest BCUT2D eigenvalue weighted by Gasteiger charge is 2.12. The Morgan fingerprint density at radius 1 is 1.44 bits per heavy atom. The van der Waals surface area contributed by atoms with Crippen molar-refractivity contribution in [2.24, 2.45) is 0 Å². The van der Waals surface area contributed by atoms with E-state index in [1.807, 2.05) is 18.2 Å². The van der Waals surface area contributed by atoms with Gasteiger partial charge in [0.15, 0.2) is 0 Å². The predicted molar refractivity (Wildman–Crippen MR) is 69.4 cm³/mol. The molecule has 0 radical (unpaired) electrons. The van der Waals surface area contributed by atoms with Crippen LogP contribution in [-0.4, -0.2) is 13.1 Å². The van der Waals surface area contributed by atoms with Gasteiger partial charge in [-0.15, -0.1) is 0 Å². The van der Waals surface area contributed by atoms with E-state index in [1.54, 1.807) is 0 Å². The van der Waals surface area contributed by atoms with Crippen LogP contribution in [0.1, 0.15) is 18.9 Å². The van der Waals surface area contributed by atoms with Gasteiger partial charge >= 0.3 is 0 Å². The minimum absolute atomic E-state index is 0.694. The average molecular weight is 277 g/mol. The topological polar surface area (TPSA) is 27.0 Å². The summed E-state index contributed by atoms with van der Waals surface area (Å²) in [7, 11) is 0. The predicted octanol–water partition coefficient (Wildman–Crippen LogP) is 3.48. The fraction of sp³-hybridized carbons (Fsp3) is 0.308. The molecule has 0 atom stereocenters. The highest BCUT2D eigenvalue weighted by Crippen LogP contribution is 2.29. The van der Waals surface area contributed by atoms with Gasteiger partial charge in [0.25, 0.3) is 0 Å². The Morgan fingerprint density at radius 2 is 2.25 bits per heavy atom. The minimum Gasteiger partial charge on any atom is -0.367 e. The highest BCUT2D eigenvalue weighted by atomic mass is 79.9. The van der Waals surface area contributed by atoms with Gasteiger partial charge in [0, 0.05) is 17.6 Å². The van der Waals surface area contributed by atoms with E-state index < -0.39 is 0 Å². The molecular formula is C13H13BrN2. The molecule has 0 saturated heterocycles. The van der Waals surface area contributed by atoms with E-state index in [4.69, 9.17) is 5.26 Å². The van der Waals surface area contributed by atoms with E-state index >= 15 is 0 Å². The fourth-order valence-electron chi connectivity index (χ4n) is 1.82. The number of benzene rings is 1. The average Bonchev–Trinajstić information content (AvgIpc) is 2.30. The molecule has 0 saturated carbocycles. The Labute approximate surface area is 104 Å². The maximum absolute atomic E-state index is 8.80. The van der Waals surface area contributed by atoms with Crippen LogP contribution < -0.4 is 4.90 Å². The van der Waals surface area contributed by atoms with Crippen molar-refractivity contribution in [2.45, 2.75) is 13.3 Å². The number of rotatable bonds is 1. The SMILES string of the molecule is CC1=CCN(c2ccc(C#N)cc2Br)CC1. The number of nitriles is 1. The summed E-state index contributed by atoms with van der Waals surface area (Å²) in [5, 5.41) is 8.80. The summed E-state index contributed by atoms with van der Waals surface area (Å²) < 4.78 is 1.000. The first-order chi connectivity index (χ1) is 7.70. The Bertz CT molecular complexity index is 471. The molecule has 0 aromatic heterocycles. The normalized spacial score (nSPS) is 15.6. The lowest BCUT2D eigenvalue weighted by Gasteiger charge is -2.28. The number of hydrogen-bond donors (Lipinski definition) is 0. The van der Waals surface area contributed by atoms with E-state index in [2.05, 4.69) is 39.9 Å². The monoisotopic (exact) mass is 276 g/mol. The Balaban J connectivity index is 2.25. The molecule has 1 heterocycles. The molecule has 2 nitrogen and oxygen atoms in total. The lowest BCUT2D eigenvalue weighted by molar-refractivity contribution is 0.786. The summed E-state index contributed by atoms with van der Waals surface area (Å²) in [5.41, 5.74) is 3.32. The number of halogens is 1. The third-order valence-electron chi connectivity index (χ3n) is 2.85. The summed E-state index contributed by atoms with van der Waals surface area (Å²) in [6.45, 7) is 4.17. The summed E-state index contributed by atoms with van der Waals surface area (Å²) in [5.74, 6) is 0. The van der Waals surface area contributed by atoms with Gasteiger partial charge in [0.05, 0.1) is 17.3 Å². The Hall–Kier alpha value is -1.27. The molecule has 0 bridgehead atoms. The van der Waals surface area contributed by atoms with Crippen LogP contribution in [0, 0.1) is 11.3 Å². The van der Waals surface area contributed by atoms with Gasteiger partial charge in [-0.25, -0.2) is 0 Å². The molecule has 1 aromatic carbocycles. The van der Waals surface area contributed by atoms with Crippen molar-refractivity contribution >= 4 is 21.6 Å². The van der Waals surface area contributed by atoms with Gasteiger partial charge < -0.3 is 4.90 Å². The first-order valence-electron chi connectivity index (χ1n) is 5.31. The van der Waals surface area contributed by atoms with Gasteiger partial charge in [-0.1, -0.05) is 11.6 Å². The van der Waals surface area contributed by atoms with E-state index in [-0.39, 0.29) is 0 Å². The smallest absolute Gasteiger partial charge is 0.0992 e. The van der Waals surface area contributed by atoms with E-state index in [1.165, 1.54) is 11.3 Å². The van der Waals surface area contributed by atoms with Crippen molar-refractivity contribution in [2.75, 3.05) is 18.0 Å². The van der Waals surface area contributed by atoms with E-state index in [0.717, 1.165) is 24.0 Å². The second kappa shape index (κ2) is 4.71. The van der Waals surface area contributed by atoms with Crippen molar-refractivity contribution in [3.8, 4) is 6.07 Å². The Morgan fingerprint density at radius 3 is 2.81 bits per heavy atom. The lowest BCUT2D eigenvalue weighted by atomic mass is 10.1. The largest absolute Gasteiger partial charge is 0.367 e.